The third kappa shape index (κ3) is 3.41. The summed E-state index contributed by atoms with van der Waals surface area (Å²) in [6.07, 6.45) is 0.790. The number of rotatable bonds is 4. The molecule has 0 aliphatic carbocycles. The highest BCUT2D eigenvalue weighted by Gasteiger charge is 1.99. The molecule has 0 aliphatic rings. The summed E-state index contributed by atoms with van der Waals surface area (Å²) in [5, 5.41) is 13.9. The second kappa shape index (κ2) is 4.80. The molecule has 72 valence electrons. The predicted molar refractivity (Wildman–Crippen MR) is 48.4 cm³/mol. The maximum atomic E-state index is 10.5. The van der Waals surface area contributed by atoms with E-state index in [0.29, 0.717) is 18.2 Å². The van der Waals surface area contributed by atoms with Crippen LogP contribution < -0.4 is 5.32 Å². The molecule has 0 saturated heterocycles. The summed E-state index contributed by atoms with van der Waals surface area (Å²) < 4.78 is 1.57. The number of aromatic nitrogens is 4. The second-order valence-electron chi connectivity index (χ2n) is 2.54. The molecule has 0 saturated carbocycles. The molecule has 1 aromatic rings. The first-order valence-electron chi connectivity index (χ1n) is 3.89. The average Bonchev–Trinajstić information content (AvgIpc) is 2.45. The minimum atomic E-state index is -0.0252. The number of amides is 1. The summed E-state index contributed by atoms with van der Waals surface area (Å²) in [6.45, 7) is 2.77. The van der Waals surface area contributed by atoms with Gasteiger partial charge < -0.3 is 5.32 Å². The molecule has 0 atom stereocenters. The third-order valence-electron chi connectivity index (χ3n) is 1.43. The molecule has 13 heavy (non-hydrogen) atoms. The zero-order chi connectivity index (χ0) is 9.68. The highest BCUT2D eigenvalue weighted by Crippen LogP contribution is 1.97. The van der Waals surface area contributed by atoms with Crippen LogP contribution in [0.3, 0.4) is 0 Å². The number of carbonyl (C=O) groups is 1. The van der Waals surface area contributed by atoms with E-state index in [4.69, 9.17) is 0 Å². The molecule has 0 bridgehead atoms. The molecule has 0 spiro atoms. The van der Waals surface area contributed by atoms with Crippen LogP contribution >= 0.6 is 12.6 Å². The minimum absolute atomic E-state index is 0.0252. The van der Waals surface area contributed by atoms with Crippen molar-refractivity contribution >= 4 is 18.5 Å². The van der Waals surface area contributed by atoms with Crippen LogP contribution in [0.1, 0.15) is 13.3 Å². The molecular formula is C6H11N5OS. The van der Waals surface area contributed by atoms with Gasteiger partial charge in [-0.2, -0.15) is 0 Å². The van der Waals surface area contributed by atoms with E-state index < -0.39 is 0 Å². The van der Waals surface area contributed by atoms with Gasteiger partial charge in [0, 0.05) is 20.0 Å². The molecule has 1 aromatic heterocycles. The van der Waals surface area contributed by atoms with Crippen molar-refractivity contribution in [3.63, 3.8) is 0 Å². The Kier molecular flexibility index (Phi) is 3.69. The number of hydrogen-bond acceptors (Lipinski definition) is 5. The van der Waals surface area contributed by atoms with E-state index in [1.54, 1.807) is 4.68 Å². The standard InChI is InChI=1S/C6H11N5OS/c1-5(12)7-3-2-4-11-6(13)8-9-10-11/h2-4H2,1H3,(H,7,12)(H,8,10,13). The summed E-state index contributed by atoms with van der Waals surface area (Å²) in [6, 6.07) is 0. The molecular weight excluding hydrogens is 190 g/mol. The molecule has 0 aliphatic heterocycles. The Morgan fingerprint density at radius 3 is 3.00 bits per heavy atom. The number of hydrogen-bond donors (Lipinski definition) is 2. The van der Waals surface area contributed by atoms with Gasteiger partial charge in [0.15, 0.2) is 0 Å². The van der Waals surface area contributed by atoms with Crippen molar-refractivity contribution in [2.45, 2.75) is 25.0 Å². The summed E-state index contributed by atoms with van der Waals surface area (Å²) in [5.41, 5.74) is 0. The van der Waals surface area contributed by atoms with Gasteiger partial charge in [0.25, 0.3) is 0 Å². The summed E-state index contributed by atoms with van der Waals surface area (Å²) in [7, 11) is 0. The van der Waals surface area contributed by atoms with Crippen molar-refractivity contribution in [3.05, 3.63) is 0 Å². The Morgan fingerprint density at radius 1 is 1.69 bits per heavy atom. The number of thiol groups is 1. The van der Waals surface area contributed by atoms with Crippen molar-refractivity contribution in [2.75, 3.05) is 6.54 Å². The fourth-order valence-corrected chi connectivity index (χ4v) is 1.02. The molecule has 1 amide bonds. The number of tetrazole rings is 1. The number of nitrogens with zero attached hydrogens (tertiary/aromatic N) is 4. The van der Waals surface area contributed by atoms with Crippen LogP contribution in [-0.4, -0.2) is 32.7 Å². The maximum Gasteiger partial charge on any atom is 0.216 e. The van der Waals surface area contributed by atoms with Gasteiger partial charge >= 0.3 is 0 Å². The van der Waals surface area contributed by atoms with Crippen LogP contribution in [0.25, 0.3) is 0 Å². The van der Waals surface area contributed by atoms with Gasteiger partial charge in [-0.05, 0) is 16.8 Å². The molecule has 0 aromatic carbocycles. The van der Waals surface area contributed by atoms with Gasteiger partial charge in [-0.15, -0.1) is 17.7 Å². The van der Waals surface area contributed by atoms with Gasteiger partial charge in [-0.3, -0.25) is 4.79 Å². The predicted octanol–water partition coefficient (Wildman–Crippen LogP) is -0.512. The Hall–Kier alpha value is -1.11. The lowest BCUT2D eigenvalue weighted by atomic mass is 10.4. The first kappa shape index (κ1) is 9.97. The quantitative estimate of drug-likeness (QED) is 0.508. The van der Waals surface area contributed by atoms with Crippen molar-refractivity contribution in [3.8, 4) is 0 Å². The lowest BCUT2D eigenvalue weighted by Gasteiger charge is -2.01. The fourth-order valence-electron chi connectivity index (χ4n) is 0.838. The van der Waals surface area contributed by atoms with Crippen LogP contribution in [0.5, 0.6) is 0 Å². The minimum Gasteiger partial charge on any atom is -0.356 e. The van der Waals surface area contributed by atoms with Gasteiger partial charge in [0.2, 0.25) is 11.1 Å². The third-order valence-corrected chi connectivity index (χ3v) is 1.75. The normalized spacial score (nSPS) is 10.0. The zero-order valence-electron chi connectivity index (χ0n) is 7.27. The van der Waals surface area contributed by atoms with Crippen molar-refractivity contribution in [2.24, 2.45) is 0 Å². The molecule has 0 unspecified atom stereocenters. The first-order valence-corrected chi connectivity index (χ1v) is 4.34. The molecule has 0 fully saturated rings. The summed E-state index contributed by atoms with van der Waals surface area (Å²) in [5.74, 6) is -0.0252. The van der Waals surface area contributed by atoms with Gasteiger partial charge in [0.1, 0.15) is 0 Å². The number of carbonyl (C=O) groups excluding carboxylic acids is 1. The Labute approximate surface area is 81.1 Å². The van der Waals surface area contributed by atoms with Crippen LogP contribution in [0, 0.1) is 0 Å². The number of nitrogens with one attached hydrogen (secondary N) is 1. The van der Waals surface area contributed by atoms with Crippen LogP contribution in [0.4, 0.5) is 0 Å². The van der Waals surface area contributed by atoms with E-state index in [2.05, 4.69) is 33.5 Å². The van der Waals surface area contributed by atoms with Crippen LogP contribution in [-0.2, 0) is 11.3 Å². The molecule has 1 N–H and O–H groups in total. The molecule has 6 nitrogen and oxygen atoms in total. The fraction of sp³-hybridized carbons (Fsp3) is 0.667. The van der Waals surface area contributed by atoms with E-state index in [1.165, 1.54) is 6.92 Å². The largest absolute Gasteiger partial charge is 0.356 e. The van der Waals surface area contributed by atoms with E-state index in [-0.39, 0.29) is 5.91 Å². The average molecular weight is 201 g/mol. The summed E-state index contributed by atoms with van der Waals surface area (Å²) >= 11 is 4.03. The van der Waals surface area contributed by atoms with Crippen molar-refractivity contribution in [1.29, 1.82) is 0 Å². The molecule has 0 radical (unpaired) electrons. The summed E-state index contributed by atoms with van der Waals surface area (Å²) in [4.78, 5) is 10.5. The van der Waals surface area contributed by atoms with Gasteiger partial charge in [-0.1, -0.05) is 0 Å². The zero-order valence-corrected chi connectivity index (χ0v) is 8.16. The number of aryl methyl sites for hydroxylation is 1. The Balaban J connectivity index is 2.20. The van der Waals surface area contributed by atoms with Gasteiger partial charge in [-0.25, -0.2) is 4.68 Å². The smallest absolute Gasteiger partial charge is 0.216 e. The van der Waals surface area contributed by atoms with Crippen molar-refractivity contribution in [1.82, 2.24) is 25.5 Å². The SMILES string of the molecule is CC(=O)NCCCn1nnnc1S. The lowest BCUT2D eigenvalue weighted by molar-refractivity contribution is -0.118. The van der Waals surface area contributed by atoms with Crippen LogP contribution in [0.15, 0.2) is 5.16 Å². The topological polar surface area (TPSA) is 72.7 Å². The lowest BCUT2D eigenvalue weighted by Crippen LogP contribution is -2.22. The van der Waals surface area contributed by atoms with E-state index >= 15 is 0 Å². The Morgan fingerprint density at radius 2 is 2.46 bits per heavy atom. The molecule has 1 heterocycles. The van der Waals surface area contributed by atoms with E-state index in [9.17, 15) is 4.79 Å². The Bertz CT molecular complexity index is 286. The molecule has 7 heteroatoms. The highest BCUT2D eigenvalue weighted by molar-refractivity contribution is 7.80. The molecule has 1 rings (SSSR count). The first-order chi connectivity index (χ1) is 6.20. The van der Waals surface area contributed by atoms with Gasteiger partial charge in [0.05, 0.1) is 0 Å². The monoisotopic (exact) mass is 201 g/mol. The maximum absolute atomic E-state index is 10.5. The van der Waals surface area contributed by atoms with Crippen molar-refractivity contribution < 1.29 is 4.79 Å². The second-order valence-corrected chi connectivity index (χ2v) is 2.94. The van der Waals surface area contributed by atoms with E-state index in [1.807, 2.05) is 0 Å². The van der Waals surface area contributed by atoms with Crippen LogP contribution in [0.2, 0.25) is 0 Å². The van der Waals surface area contributed by atoms with E-state index in [0.717, 1.165) is 6.42 Å². The highest BCUT2D eigenvalue weighted by atomic mass is 32.1.